The maximum atomic E-state index is 11.2. The number of nitrogens with one attached hydrogen (secondary N) is 1. The minimum atomic E-state index is -0.425. The maximum Gasteiger partial charge on any atom is 0.407 e. The van der Waals surface area contributed by atoms with Crippen molar-refractivity contribution in [3.05, 3.63) is 48.6 Å². The average Bonchev–Trinajstić information content (AvgIpc) is 2.27. The summed E-state index contributed by atoms with van der Waals surface area (Å²) in [6.45, 7) is 5.68. The van der Waals surface area contributed by atoms with Crippen molar-refractivity contribution < 1.29 is 9.53 Å². The summed E-state index contributed by atoms with van der Waals surface area (Å²) in [6, 6.07) is 9.47. The molecule has 0 spiro atoms. The van der Waals surface area contributed by atoms with Crippen LogP contribution in [0.2, 0.25) is 0 Å². The Hall–Kier alpha value is -1.77. The number of rotatable bonds is 4. The van der Waals surface area contributed by atoms with Gasteiger partial charge in [-0.15, -0.1) is 6.58 Å². The van der Waals surface area contributed by atoms with Gasteiger partial charge in [0.05, 0.1) is 0 Å². The van der Waals surface area contributed by atoms with E-state index >= 15 is 0 Å². The van der Waals surface area contributed by atoms with Gasteiger partial charge >= 0.3 is 6.09 Å². The van der Waals surface area contributed by atoms with E-state index in [2.05, 4.69) is 11.9 Å². The number of benzene rings is 1. The van der Waals surface area contributed by atoms with Crippen LogP contribution in [-0.2, 0) is 11.3 Å². The standard InChI is InChI=1S/C12H15NO2/c1-3-10(2)13-12(14)15-9-11-7-5-4-6-8-11/h3-8,10H,1,9H2,2H3,(H,13,14)/t10-/m0/s1. The highest BCUT2D eigenvalue weighted by atomic mass is 16.5. The lowest BCUT2D eigenvalue weighted by Crippen LogP contribution is -2.31. The van der Waals surface area contributed by atoms with E-state index in [4.69, 9.17) is 4.74 Å². The summed E-state index contributed by atoms with van der Waals surface area (Å²) in [5, 5.41) is 2.62. The highest BCUT2D eigenvalue weighted by molar-refractivity contribution is 5.67. The second kappa shape index (κ2) is 5.86. The monoisotopic (exact) mass is 205 g/mol. The molecule has 0 bridgehead atoms. The first-order valence-electron chi connectivity index (χ1n) is 4.82. The molecule has 0 aliphatic rings. The Morgan fingerprint density at radius 3 is 2.80 bits per heavy atom. The molecule has 1 atom stereocenters. The molecule has 0 aromatic heterocycles. The highest BCUT2D eigenvalue weighted by Gasteiger charge is 2.04. The number of carbonyl (C=O) groups is 1. The Balaban J connectivity index is 2.31. The van der Waals surface area contributed by atoms with E-state index in [0.29, 0.717) is 0 Å². The van der Waals surface area contributed by atoms with Gasteiger partial charge < -0.3 is 10.1 Å². The largest absolute Gasteiger partial charge is 0.445 e. The third kappa shape index (κ3) is 4.31. The van der Waals surface area contributed by atoms with E-state index in [1.54, 1.807) is 6.08 Å². The third-order valence-corrected chi connectivity index (χ3v) is 1.91. The molecule has 0 aliphatic carbocycles. The van der Waals surface area contributed by atoms with E-state index in [9.17, 15) is 4.79 Å². The molecular weight excluding hydrogens is 190 g/mol. The summed E-state index contributed by atoms with van der Waals surface area (Å²) in [5.74, 6) is 0. The fourth-order valence-electron chi connectivity index (χ4n) is 1.01. The minimum absolute atomic E-state index is 0.0757. The first-order valence-corrected chi connectivity index (χ1v) is 4.82. The topological polar surface area (TPSA) is 38.3 Å². The van der Waals surface area contributed by atoms with Gasteiger partial charge in [-0.2, -0.15) is 0 Å². The fraction of sp³-hybridized carbons (Fsp3) is 0.250. The Morgan fingerprint density at radius 1 is 1.53 bits per heavy atom. The number of amides is 1. The molecule has 1 amide bonds. The van der Waals surface area contributed by atoms with Crippen LogP contribution in [0.4, 0.5) is 4.79 Å². The summed E-state index contributed by atoms with van der Waals surface area (Å²) in [5.41, 5.74) is 0.971. The van der Waals surface area contributed by atoms with Gasteiger partial charge in [-0.1, -0.05) is 36.4 Å². The van der Waals surface area contributed by atoms with Gasteiger partial charge in [-0.05, 0) is 12.5 Å². The molecular formula is C12H15NO2. The van der Waals surface area contributed by atoms with E-state index in [1.165, 1.54) is 0 Å². The molecule has 0 fully saturated rings. The van der Waals surface area contributed by atoms with Crippen LogP contribution in [0.3, 0.4) is 0 Å². The van der Waals surface area contributed by atoms with Crippen LogP contribution in [0.25, 0.3) is 0 Å². The molecule has 0 radical (unpaired) electrons. The molecule has 0 aliphatic heterocycles. The predicted octanol–water partition coefficient (Wildman–Crippen LogP) is 2.49. The van der Waals surface area contributed by atoms with E-state index in [-0.39, 0.29) is 12.6 Å². The summed E-state index contributed by atoms with van der Waals surface area (Å²) >= 11 is 0. The van der Waals surface area contributed by atoms with Crippen molar-refractivity contribution in [1.29, 1.82) is 0 Å². The van der Waals surface area contributed by atoms with E-state index in [0.717, 1.165) is 5.56 Å². The summed E-state index contributed by atoms with van der Waals surface area (Å²) in [4.78, 5) is 11.2. The van der Waals surface area contributed by atoms with Gasteiger partial charge in [-0.25, -0.2) is 4.79 Å². The third-order valence-electron chi connectivity index (χ3n) is 1.91. The zero-order chi connectivity index (χ0) is 11.1. The van der Waals surface area contributed by atoms with Gasteiger partial charge in [0.25, 0.3) is 0 Å². The lowest BCUT2D eigenvalue weighted by Gasteiger charge is -2.09. The normalized spacial score (nSPS) is 11.5. The zero-order valence-electron chi connectivity index (χ0n) is 8.77. The van der Waals surface area contributed by atoms with Crippen LogP contribution in [0.15, 0.2) is 43.0 Å². The van der Waals surface area contributed by atoms with Gasteiger partial charge in [0, 0.05) is 6.04 Å². The Morgan fingerprint density at radius 2 is 2.20 bits per heavy atom. The van der Waals surface area contributed by atoms with Crippen LogP contribution in [0.1, 0.15) is 12.5 Å². The molecule has 3 heteroatoms. The second-order valence-corrected chi connectivity index (χ2v) is 3.23. The molecule has 0 saturated carbocycles. The molecule has 1 rings (SSSR count). The van der Waals surface area contributed by atoms with Crippen LogP contribution in [0.5, 0.6) is 0 Å². The van der Waals surface area contributed by atoms with Crippen molar-refractivity contribution in [1.82, 2.24) is 5.32 Å². The summed E-state index contributed by atoms with van der Waals surface area (Å²) < 4.78 is 5.00. The highest BCUT2D eigenvalue weighted by Crippen LogP contribution is 2.00. The molecule has 0 unspecified atom stereocenters. The van der Waals surface area contributed by atoms with Crippen molar-refractivity contribution >= 4 is 6.09 Å². The average molecular weight is 205 g/mol. The van der Waals surface area contributed by atoms with Crippen LogP contribution in [-0.4, -0.2) is 12.1 Å². The first kappa shape index (κ1) is 11.3. The lowest BCUT2D eigenvalue weighted by molar-refractivity contribution is 0.138. The Labute approximate surface area is 89.8 Å². The molecule has 1 aromatic carbocycles. The summed E-state index contributed by atoms with van der Waals surface area (Å²) in [7, 11) is 0. The minimum Gasteiger partial charge on any atom is -0.445 e. The van der Waals surface area contributed by atoms with Crippen LogP contribution < -0.4 is 5.32 Å². The molecule has 3 nitrogen and oxygen atoms in total. The Kier molecular flexibility index (Phi) is 4.41. The quantitative estimate of drug-likeness (QED) is 0.767. The van der Waals surface area contributed by atoms with Crippen molar-refractivity contribution in [3.8, 4) is 0 Å². The molecule has 0 saturated heterocycles. The first-order chi connectivity index (χ1) is 7.22. The van der Waals surface area contributed by atoms with Crippen LogP contribution in [0, 0.1) is 0 Å². The second-order valence-electron chi connectivity index (χ2n) is 3.23. The SMILES string of the molecule is C=C[C@H](C)NC(=O)OCc1ccccc1. The fourth-order valence-corrected chi connectivity index (χ4v) is 1.01. The Bertz CT molecular complexity index is 322. The zero-order valence-corrected chi connectivity index (χ0v) is 8.77. The molecule has 1 N–H and O–H groups in total. The lowest BCUT2D eigenvalue weighted by atomic mass is 10.2. The smallest absolute Gasteiger partial charge is 0.407 e. The molecule has 1 aromatic rings. The van der Waals surface area contributed by atoms with Crippen molar-refractivity contribution in [3.63, 3.8) is 0 Å². The van der Waals surface area contributed by atoms with E-state index in [1.807, 2.05) is 37.3 Å². The van der Waals surface area contributed by atoms with Crippen molar-refractivity contribution in [2.75, 3.05) is 0 Å². The number of hydrogen-bond acceptors (Lipinski definition) is 2. The van der Waals surface area contributed by atoms with Crippen molar-refractivity contribution in [2.24, 2.45) is 0 Å². The van der Waals surface area contributed by atoms with Gasteiger partial charge in [0.2, 0.25) is 0 Å². The molecule has 0 heterocycles. The van der Waals surface area contributed by atoms with Crippen LogP contribution >= 0.6 is 0 Å². The predicted molar refractivity (Wildman–Crippen MR) is 59.4 cm³/mol. The molecule has 15 heavy (non-hydrogen) atoms. The van der Waals surface area contributed by atoms with E-state index < -0.39 is 6.09 Å². The number of ether oxygens (including phenoxy) is 1. The molecule has 80 valence electrons. The number of hydrogen-bond donors (Lipinski definition) is 1. The van der Waals surface area contributed by atoms with Gasteiger partial charge in [0.15, 0.2) is 0 Å². The van der Waals surface area contributed by atoms with Gasteiger partial charge in [-0.3, -0.25) is 0 Å². The van der Waals surface area contributed by atoms with Gasteiger partial charge in [0.1, 0.15) is 6.61 Å². The van der Waals surface area contributed by atoms with Crippen molar-refractivity contribution in [2.45, 2.75) is 19.6 Å². The number of alkyl carbamates (subject to hydrolysis) is 1. The number of carbonyl (C=O) groups excluding carboxylic acids is 1. The summed E-state index contributed by atoms with van der Waals surface area (Å²) in [6.07, 6.45) is 1.22. The maximum absolute atomic E-state index is 11.2.